The number of piperidine rings is 5. The fourth-order valence-corrected chi connectivity index (χ4v) is 17.6. The third-order valence-corrected chi connectivity index (χ3v) is 24.6. The number of nitrogens with zero attached hydrogens (tertiary/aromatic N) is 11. The van der Waals surface area contributed by atoms with Crippen LogP contribution in [-0.2, 0) is 50.8 Å². The molecule has 5 aromatic carbocycles. The Balaban J connectivity index is 0.000000136. The van der Waals surface area contributed by atoms with Crippen molar-refractivity contribution in [1.29, 1.82) is 0 Å². The van der Waals surface area contributed by atoms with Gasteiger partial charge in [0.15, 0.2) is 0 Å². The highest BCUT2D eigenvalue weighted by molar-refractivity contribution is 5.95. The third kappa shape index (κ3) is 24.9. The lowest BCUT2D eigenvalue weighted by atomic mass is 9.89. The topological polar surface area (TPSA) is 169 Å². The predicted molar refractivity (Wildman–Crippen MR) is 435 cm³/mol. The number of likely N-dealkylation sites (tertiary alicyclic amines) is 5. The van der Waals surface area contributed by atoms with Crippen molar-refractivity contribution in [2.24, 2.45) is 0 Å². The highest BCUT2D eigenvalue weighted by Crippen LogP contribution is 2.37. The predicted octanol–water partition coefficient (Wildman–Crippen LogP) is 13.4. The first-order chi connectivity index (χ1) is 56.6. The first-order valence-electron chi connectivity index (χ1n) is 42.0. The lowest BCUT2D eigenvalue weighted by molar-refractivity contribution is -0.274. The van der Waals surface area contributed by atoms with E-state index in [4.69, 9.17) is 18.9 Å². The zero-order valence-electron chi connectivity index (χ0n) is 67.3. The number of halogens is 6. The molecule has 9 aliphatic heterocycles. The number of ether oxygens (including phenoxy) is 5. The zero-order chi connectivity index (χ0) is 81.6. The van der Waals surface area contributed by atoms with Gasteiger partial charge in [0.25, 0.3) is 17.7 Å². The number of pyridine rings is 2. The van der Waals surface area contributed by atoms with Crippen molar-refractivity contribution in [1.82, 2.24) is 54.1 Å². The molecule has 0 bridgehead atoms. The number of amides is 5. The molecule has 0 radical (unpaired) electrons. The number of benzene rings is 5. The van der Waals surface area contributed by atoms with Crippen molar-refractivity contribution in [2.75, 3.05) is 170 Å². The summed E-state index contributed by atoms with van der Waals surface area (Å²) in [5.74, 6) is 0.0147. The van der Waals surface area contributed by atoms with Gasteiger partial charge in [-0.15, -0.1) is 13.2 Å². The number of hydrogen-bond acceptors (Lipinski definition) is 15. The molecule has 11 heterocycles. The molecule has 628 valence electrons. The number of urea groups is 1. The molecule has 4 spiro atoms. The molecule has 0 N–H and O–H groups in total. The monoisotopic (exact) mass is 1620 g/mol. The SMILES string of the molecule is O=C(N1CCCCC1)N1CCOC2(CCN(CCc3ccccc3)CC2)C1.O=C(c1ccccc1)N1CCOC2(CCN(CCc3ccc(C(F)(F)F)nc3)CC2)C1.O=C(c1ccccc1)N1CCOC2(CCN(CCc3cccc(OC(F)(F)F)c3)CC2)C1.O=C(c1ccccc1)N1CCOC2(CCN(CCc3cccnc3)CC2)C1. The third-order valence-electron chi connectivity index (χ3n) is 24.6. The summed E-state index contributed by atoms with van der Waals surface area (Å²) in [7, 11) is 0. The second-order valence-corrected chi connectivity index (χ2v) is 32.6. The Morgan fingerprint density at radius 1 is 0.359 bits per heavy atom. The summed E-state index contributed by atoms with van der Waals surface area (Å²) in [6.07, 6.45) is 10.3. The van der Waals surface area contributed by atoms with E-state index in [1.165, 1.54) is 41.9 Å². The van der Waals surface area contributed by atoms with Crippen LogP contribution < -0.4 is 4.74 Å². The number of hydrogen-bond donors (Lipinski definition) is 0. The summed E-state index contributed by atoms with van der Waals surface area (Å²) in [6.45, 7) is 20.7. The molecule has 7 aromatic rings. The molecule has 0 atom stereocenters. The zero-order valence-corrected chi connectivity index (χ0v) is 67.3. The summed E-state index contributed by atoms with van der Waals surface area (Å²) in [5.41, 5.74) is 4.66. The summed E-state index contributed by atoms with van der Waals surface area (Å²) in [6, 6.07) is 52.0. The number of carbonyl (C=O) groups excluding carboxylic acids is 4. The fraction of sp³-hybridized carbons (Fsp3) is 0.516. The lowest BCUT2D eigenvalue weighted by Crippen LogP contribution is -2.60. The van der Waals surface area contributed by atoms with Crippen LogP contribution in [0.15, 0.2) is 188 Å². The summed E-state index contributed by atoms with van der Waals surface area (Å²) < 4.78 is 104. The van der Waals surface area contributed by atoms with Gasteiger partial charge in [0.2, 0.25) is 0 Å². The maximum Gasteiger partial charge on any atom is 0.573 e. The van der Waals surface area contributed by atoms with Crippen LogP contribution in [-0.4, -0.2) is 277 Å². The Labute approximate surface area is 684 Å². The standard InChI is InChI=1S/C24H27F3N2O3.C23H26F3N3O2.C22H33N3O2.C22H27N3O2/c25-24(26,27)32-21-8-4-5-19(17-21)9-12-28-13-10-23(11-14-28)18-29(15-16-31-23)22(30)20-6-2-1-3-7-20;24-23(25,26)20-7-6-18(16-27-20)8-11-28-12-9-22(10-13-28)17-29(14-15-31-22)21(30)19-4-2-1-3-5-19;26-21(24-12-5-2-6-13-24)25-17-18-27-22(19-25)10-15-23(16-11-22)14-9-20-7-3-1-4-8-20;26-21(20-6-2-1-3-7-20)25-15-16-27-22(18-25)9-13-24(14-10-22)12-8-19-5-4-11-23-17-19/h1-8,17H,9-16,18H2;1-7,16H,8-15,17H2;1,3-4,7-8H,2,5-6,9-19H2;1-7,11,17H,8-10,12-16,18H2. The minimum Gasteiger partial charge on any atom is -0.406 e. The van der Waals surface area contributed by atoms with E-state index in [1.54, 1.807) is 6.07 Å². The number of alkyl halides is 6. The van der Waals surface area contributed by atoms with E-state index in [9.17, 15) is 45.5 Å². The van der Waals surface area contributed by atoms with Gasteiger partial charge in [-0.25, -0.2) is 4.79 Å². The molecule has 20 nitrogen and oxygen atoms in total. The smallest absolute Gasteiger partial charge is 0.406 e. The van der Waals surface area contributed by atoms with Crippen LogP contribution in [0.5, 0.6) is 5.75 Å². The number of carbonyl (C=O) groups is 4. The number of rotatable bonds is 16. The van der Waals surface area contributed by atoms with E-state index in [1.807, 2.05) is 130 Å². The van der Waals surface area contributed by atoms with E-state index in [2.05, 4.69) is 80.5 Å². The molecule has 5 amide bonds. The molecule has 9 fully saturated rings. The molecule has 0 unspecified atom stereocenters. The maximum atomic E-state index is 12.9. The van der Waals surface area contributed by atoms with Crippen molar-refractivity contribution in [3.05, 3.63) is 233 Å². The van der Waals surface area contributed by atoms with Gasteiger partial charge < -0.3 is 67.8 Å². The minimum absolute atomic E-state index is 0.0386. The molecule has 26 heteroatoms. The van der Waals surface area contributed by atoms with E-state index >= 15 is 0 Å². The second-order valence-electron chi connectivity index (χ2n) is 32.6. The second kappa shape index (κ2) is 40.7. The normalized spacial score (nSPS) is 20.4. The van der Waals surface area contributed by atoms with E-state index < -0.39 is 18.2 Å². The van der Waals surface area contributed by atoms with Crippen LogP contribution in [0.1, 0.15) is 130 Å². The van der Waals surface area contributed by atoms with Gasteiger partial charge in [-0.1, -0.05) is 109 Å². The Hall–Kier alpha value is -8.86. The van der Waals surface area contributed by atoms with Gasteiger partial charge in [0.05, 0.1) is 75.0 Å². The molecule has 117 heavy (non-hydrogen) atoms. The quantitative estimate of drug-likeness (QED) is 0.0837. The van der Waals surface area contributed by atoms with Crippen LogP contribution in [0.4, 0.5) is 31.1 Å². The van der Waals surface area contributed by atoms with Crippen molar-refractivity contribution >= 4 is 23.8 Å². The van der Waals surface area contributed by atoms with Crippen LogP contribution in [0, 0.1) is 0 Å². The molecule has 9 saturated heterocycles. The van der Waals surface area contributed by atoms with Gasteiger partial charge in [-0.3, -0.25) is 24.4 Å². The molecule has 0 aliphatic carbocycles. The van der Waals surface area contributed by atoms with Gasteiger partial charge in [-0.2, -0.15) is 13.2 Å². The van der Waals surface area contributed by atoms with E-state index in [-0.39, 0.29) is 51.9 Å². The van der Waals surface area contributed by atoms with Crippen LogP contribution in [0.3, 0.4) is 0 Å². The summed E-state index contributed by atoms with van der Waals surface area (Å²) >= 11 is 0. The average molecular weight is 1620 g/mol. The van der Waals surface area contributed by atoms with Crippen LogP contribution in [0.25, 0.3) is 0 Å². The highest BCUT2D eigenvalue weighted by atomic mass is 19.4. The van der Waals surface area contributed by atoms with Crippen molar-refractivity contribution in [3.8, 4) is 5.75 Å². The summed E-state index contributed by atoms with van der Waals surface area (Å²) in [4.78, 5) is 78.6. The first kappa shape index (κ1) is 86.0. The molecular weight excluding hydrogens is 1510 g/mol. The maximum absolute atomic E-state index is 12.9. The minimum atomic E-state index is -4.68. The molecule has 16 rings (SSSR count). The Bertz CT molecular complexity index is 4220. The highest BCUT2D eigenvalue weighted by Gasteiger charge is 2.46. The average Bonchev–Trinajstić information content (AvgIpc) is 0.807. The molecule has 9 aliphatic rings. The fourth-order valence-electron chi connectivity index (χ4n) is 17.6. The number of aromatic nitrogens is 2. The van der Waals surface area contributed by atoms with Gasteiger partial charge in [-0.05, 0) is 179 Å². The molecule has 0 saturated carbocycles. The van der Waals surface area contributed by atoms with Crippen molar-refractivity contribution in [2.45, 2.75) is 131 Å². The van der Waals surface area contributed by atoms with Crippen LogP contribution >= 0.6 is 0 Å². The van der Waals surface area contributed by atoms with Gasteiger partial charge in [0, 0.05) is 153 Å². The largest absolute Gasteiger partial charge is 0.573 e. The van der Waals surface area contributed by atoms with Gasteiger partial charge in [0.1, 0.15) is 11.4 Å². The van der Waals surface area contributed by atoms with Crippen molar-refractivity contribution < 1.29 is 69.2 Å². The lowest BCUT2D eigenvalue weighted by Gasteiger charge is -2.48. The molecule has 2 aromatic heterocycles. The Morgan fingerprint density at radius 3 is 1.09 bits per heavy atom. The first-order valence-corrected chi connectivity index (χ1v) is 42.0. The summed E-state index contributed by atoms with van der Waals surface area (Å²) in [5, 5.41) is 0. The van der Waals surface area contributed by atoms with Gasteiger partial charge >= 0.3 is 18.6 Å². The Kier molecular flexibility index (Phi) is 29.9. The number of morpholine rings is 4. The Morgan fingerprint density at radius 2 is 0.718 bits per heavy atom. The van der Waals surface area contributed by atoms with Crippen molar-refractivity contribution in [3.63, 3.8) is 0 Å². The van der Waals surface area contributed by atoms with E-state index in [0.717, 1.165) is 205 Å². The molecular formula is C91H113F6N11O9. The van der Waals surface area contributed by atoms with E-state index in [0.29, 0.717) is 89.7 Å². The van der Waals surface area contributed by atoms with Crippen LogP contribution in [0.2, 0.25) is 0 Å².